The van der Waals surface area contributed by atoms with Crippen LogP contribution in [0.2, 0.25) is 0 Å². The van der Waals surface area contributed by atoms with Gasteiger partial charge in [-0.1, -0.05) is 6.07 Å². The molecule has 1 aliphatic rings. The molecule has 1 atom stereocenters. The molecule has 0 radical (unpaired) electrons. The number of fused-ring (bicyclic) bond motifs is 1. The van der Waals surface area contributed by atoms with Crippen molar-refractivity contribution in [3.63, 3.8) is 0 Å². The predicted molar refractivity (Wildman–Crippen MR) is 108 cm³/mol. The van der Waals surface area contributed by atoms with Gasteiger partial charge in [-0.25, -0.2) is 8.42 Å². The lowest BCUT2D eigenvalue weighted by molar-refractivity contribution is 0.340. The molecule has 2 aromatic carbocycles. The third-order valence-electron chi connectivity index (χ3n) is 4.59. The van der Waals surface area contributed by atoms with Gasteiger partial charge in [0.05, 0.1) is 35.6 Å². The SMILES string of the molecule is CCOc1ccc(C2=NN(S(C)(=O)=O)[C@@H](c3ccc4nccnc4c3)C2)cc1. The summed E-state index contributed by atoms with van der Waals surface area (Å²) in [5.74, 6) is 0.773. The Bertz CT molecular complexity index is 1140. The highest BCUT2D eigenvalue weighted by atomic mass is 32.2. The molecule has 2 heterocycles. The van der Waals surface area contributed by atoms with E-state index >= 15 is 0 Å². The van der Waals surface area contributed by atoms with Crippen molar-refractivity contribution in [1.29, 1.82) is 0 Å². The molecule has 144 valence electrons. The summed E-state index contributed by atoms with van der Waals surface area (Å²) >= 11 is 0. The van der Waals surface area contributed by atoms with Crippen LogP contribution in [-0.2, 0) is 10.0 Å². The highest BCUT2D eigenvalue weighted by Gasteiger charge is 2.34. The number of benzene rings is 2. The van der Waals surface area contributed by atoms with Crippen molar-refractivity contribution in [2.24, 2.45) is 5.10 Å². The van der Waals surface area contributed by atoms with Crippen LogP contribution in [0.25, 0.3) is 11.0 Å². The fraction of sp³-hybridized carbons (Fsp3) is 0.250. The summed E-state index contributed by atoms with van der Waals surface area (Å²) in [6.07, 6.45) is 4.91. The fourth-order valence-electron chi connectivity index (χ4n) is 3.31. The van der Waals surface area contributed by atoms with Crippen LogP contribution in [0.5, 0.6) is 5.75 Å². The average Bonchev–Trinajstić information content (AvgIpc) is 3.14. The number of nitrogens with zero attached hydrogens (tertiary/aromatic N) is 4. The topological polar surface area (TPSA) is 84.8 Å². The van der Waals surface area contributed by atoms with E-state index < -0.39 is 16.1 Å². The molecule has 0 N–H and O–H groups in total. The van der Waals surface area contributed by atoms with Crippen LogP contribution in [0, 0.1) is 0 Å². The zero-order chi connectivity index (χ0) is 19.7. The first kappa shape index (κ1) is 18.4. The molecule has 0 spiro atoms. The molecule has 8 heteroatoms. The number of hydrogen-bond acceptors (Lipinski definition) is 6. The molecule has 0 amide bonds. The molecule has 28 heavy (non-hydrogen) atoms. The van der Waals surface area contributed by atoms with Crippen molar-refractivity contribution < 1.29 is 13.2 Å². The lowest BCUT2D eigenvalue weighted by Crippen LogP contribution is -2.25. The molecular formula is C20H20N4O3S. The maximum atomic E-state index is 12.4. The smallest absolute Gasteiger partial charge is 0.247 e. The molecule has 0 bridgehead atoms. The van der Waals surface area contributed by atoms with Crippen molar-refractivity contribution in [1.82, 2.24) is 14.4 Å². The van der Waals surface area contributed by atoms with Gasteiger partial charge in [0.2, 0.25) is 10.0 Å². The van der Waals surface area contributed by atoms with Gasteiger partial charge in [-0.2, -0.15) is 9.52 Å². The number of hydrogen-bond donors (Lipinski definition) is 0. The van der Waals surface area contributed by atoms with E-state index in [4.69, 9.17) is 4.74 Å². The highest BCUT2D eigenvalue weighted by molar-refractivity contribution is 7.88. The van der Waals surface area contributed by atoms with Gasteiger partial charge in [-0.05, 0) is 54.4 Å². The Hall–Kier alpha value is -3.00. The van der Waals surface area contributed by atoms with Gasteiger partial charge in [0.15, 0.2) is 0 Å². The monoisotopic (exact) mass is 396 g/mol. The van der Waals surface area contributed by atoms with Crippen LogP contribution < -0.4 is 4.74 Å². The summed E-state index contributed by atoms with van der Waals surface area (Å²) in [7, 11) is -3.53. The molecule has 0 aliphatic carbocycles. The van der Waals surface area contributed by atoms with E-state index in [1.807, 2.05) is 49.4 Å². The normalized spacial score (nSPS) is 17.0. The highest BCUT2D eigenvalue weighted by Crippen LogP contribution is 2.35. The molecule has 4 rings (SSSR count). The van der Waals surface area contributed by atoms with Crippen LogP contribution >= 0.6 is 0 Å². The summed E-state index contributed by atoms with van der Waals surface area (Å²) in [6, 6.07) is 12.7. The Morgan fingerprint density at radius 3 is 2.46 bits per heavy atom. The van der Waals surface area contributed by atoms with Crippen molar-refractivity contribution in [2.45, 2.75) is 19.4 Å². The molecule has 1 aromatic heterocycles. The van der Waals surface area contributed by atoms with Gasteiger partial charge in [-0.15, -0.1) is 0 Å². The molecule has 3 aromatic rings. The number of rotatable bonds is 5. The summed E-state index contributed by atoms with van der Waals surface area (Å²) in [6.45, 7) is 2.52. The minimum Gasteiger partial charge on any atom is -0.494 e. The summed E-state index contributed by atoms with van der Waals surface area (Å²) in [5.41, 5.74) is 3.92. The lowest BCUT2D eigenvalue weighted by Gasteiger charge is -2.21. The van der Waals surface area contributed by atoms with E-state index in [0.29, 0.717) is 13.0 Å². The van der Waals surface area contributed by atoms with Crippen LogP contribution in [0.15, 0.2) is 60.0 Å². The van der Waals surface area contributed by atoms with Crippen molar-refractivity contribution in [2.75, 3.05) is 12.9 Å². The third kappa shape index (κ3) is 3.55. The van der Waals surface area contributed by atoms with Gasteiger partial charge in [-0.3, -0.25) is 9.97 Å². The number of aromatic nitrogens is 2. The zero-order valence-corrected chi connectivity index (χ0v) is 16.4. The lowest BCUT2D eigenvalue weighted by atomic mass is 9.98. The predicted octanol–water partition coefficient (Wildman–Crippen LogP) is 3.14. The molecular weight excluding hydrogens is 376 g/mol. The third-order valence-corrected chi connectivity index (χ3v) is 5.60. The molecule has 0 unspecified atom stereocenters. The quantitative estimate of drug-likeness (QED) is 0.661. The minimum absolute atomic E-state index is 0.414. The van der Waals surface area contributed by atoms with Crippen LogP contribution in [0.4, 0.5) is 0 Å². The van der Waals surface area contributed by atoms with E-state index in [2.05, 4.69) is 15.1 Å². The van der Waals surface area contributed by atoms with E-state index in [1.165, 1.54) is 10.7 Å². The molecule has 0 fully saturated rings. The maximum absolute atomic E-state index is 12.4. The zero-order valence-electron chi connectivity index (χ0n) is 15.6. The fourth-order valence-corrected chi connectivity index (χ4v) is 4.22. The first-order valence-electron chi connectivity index (χ1n) is 8.96. The van der Waals surface area contributed by atoms with Crippen molar-refractivity contribution in [3.8, 4) is 5.75 Å². The minimum atomic E-state index is -3.53. The second-order valence-corrected chi connectivity index (χ2v) is 8.40. The second-order valence-electron chi connectivity index (χ2n) is 6.56. The number of hydrazone groups is 1. The first-order valence-corrected chi connectivity index (χ1v) is 10.8. The van der Waals surface area contributed by atoms with Crippen molar-refractivity contribution in [3.05, 3.63) is 66.0 Å². The average molecular weight is 396 g/mol. The van der Waals surface area contributed by atoms with Crippen LogP contribution in [0.1, 0.15) is 30.5 Å². The van der Waals surface area contributed by atoms with Gasteiger partial charge < -0.3 is 4.74 Å². The Morgan fingerprint density at radius 2 is 1.79 bits per heavy atom. The van der Waals surface area contributed by atoms with E-state index in [0.717, 1.165) is 33.6 Å². The number of sulfonamides is 1. The Kier molecular flexibility index (Phi) is 4.72. The largest absolute Gasteiger partial charge is 0.494 e. The Balaban J connectivity index is 1.70. The molecule has 7 nitrogen and oxygen atoms in total. The van der Waals surface area contributed by atoms with Gasteiger partial charge >= 0.3 is 0 Å². The standard InChI is InChI=1S/C20H20N4O3S/c1-3-27-16-7-4-14(5-8-16)18-13-20(24(23-18)28(2,25)26)15-6-9-17-19(12-15)22-11-10-21-17/h4-12,20H,3,13H2,1-2H3/t20-/m1/s1. The number of ether oxygens (including phenoxy) is 1. The maximum Gasteiger partial charge on any atom is 0.247 e. The molecule has 0 saturated heterocycles. The first-order chi connectivity index (χ1) is 13.5. The Labute approximate surface area is 163 Å². The summed E-state index contributed by atoms with van der Waals surface area (Å²) < 4.78 is 31.4. The summed E-state index contributed by atoms with van der Waals surface area (Å²) in [5, 5.41) is 4.43. The second kappa shape index (κ2) is 7.20. The van der Waals surface area contributed by atoms with E-state index in [9.17, 15) is 8.42 Å². The van der Waals surface area contributed by atoms with E-state index in [1.54, 1.807) is 12.4 Å². The van der Waals surface area contributed by atoms with Gasteiger partial charge in [0, 0.05) is 18.8 Å². The van der Waals surface area contributed by atoms with Gasteiger partial charge in [0.1, 0.15) is 5.75 Å². The van der Waals surface area contributed by atoms with Crippen LogP contribution in [-0.4, -0.2) is 41.4 Å². The molecule has 1 aliphatic heterocycles. The van der Waals surface area contributed by atoms with Gasteiger partial charge in [0.25, 0.3) is 0 Å². The van der Waals surface area contributed by atoms with E-state index in [-0.39, 0.29) is 0 Å². The van der Waals surface area contributed by atoms with Crippen molar-refractivity contribution >= 4 is 26.8 Å². The Morgan fingerprint density at radius 1 is 1.07 bits per heavy atom. The molecule has 0 saturated carbocycles. The summed E-state index contributed by atoms with van der Waals surface area (Å²) in [4.78, 5) is 8.59. The van der Waals surface area contributed by atoms with Crippen LogP contribution in [0.3, 0.4) is 0 Å².